The van der Waals surface area contributed by atoms with Crippen molar-refractivity contribution in [2.75, 3.05) is 24.3 Å². The molecule has 1 aromatic carbocycles. The zero-order valence-electron chi connectivity index (χ0n) is 13.3. The number of anilines is 2. The molecule has 3 rings (SSSR count). The molecular formula is C17H21F3N2O. The maximum Gasteiger partial charge on any atom is 0.418 e. The molecule has 3 unspecified atom stereocenters. The Morgan fingerprint density at radius 2 is 1.96 bits per heavy atom. The maximum absolute atomic E-state index is 13.3. The van der Waals surface area contributed by atoms with E-state index in [1.165, 1.54) is 6.07 Å². The molecule has 0 aromatic heterocycles. The first-order valence-electron chi connectivity index (χ1n) is 7.95. The van der Waals surface area contributed by atoms with Gasteiger partial charge in [-0.15, -0.1) is 0 Å². The van der Waals surface area contributed by atoms with Crippen molar-refractivity contribution in [1.29, 1.82) is 0 Å². The molecule has 1 aromatic rings. The summed E-state index contributed by atoms with van der Waals surface area (Å²) < 4.78 is 39.9. The predicted octanol–water partition coefficient (Wildman–Crippen LogP) is 4.15. The topological polar surface area (TPSA) is 32.3 Å². The maximum atomic E-state index is 13.3. The number of nitrogens with one attached hydrogen (secondary N) is 1. The highest BCUT2D eigenvalue weighted by Crippen LogP contribution is 2.49. The molecule has 2 bridgehead atoms. The fourth-order valence-electron chi connectivity index (χ4n) is 3.95. The van der Waals surface area contributed by atoms with Gasteiger partial charge in [0.2, 0.25) is 5.91 Å². The first-order chi connectivity index (χ1) is 10.8. The highest BCUT2D eigenvalue weighted by molar-refractivity contribution is 5.94. The summed E-state index contributed by atoms with van der Waals surface area (Å²) in [7, 11) is 3.37. The molecule has 0 saturated heterocycles. The quantitative estimate of drug-likeness (QED) is 0.905. The zero-order chi connectivity index (χ0) is 16.8. The third kappa shape index (κ3) is 3.16. The Labute approximate surface area is 133 Å². The Bertz CT molecular complexity index is 612. The Hall–Kier alpha value is -1.72. The van der Waals surface area contributed by atoms with Crippen LogP contribution in [0.2, 0.25) is 0 Å². The van der Waals surface area contributed by atoms with Crippen LogP contribution >= 0.6 is 0 Å². The highest BCUT2D eigenvalue weighted by Gasteiger charge is 2.43. The standard InChI is InChI=1S/C17H21F3N2O/c1-22(2)12-5-6-15(14(9-12)17(18,19)20)21-16(23)13-8-10-3-4-11(13)7-10/h5-6,9-11,13H,3-4,7-8H2,1-2H3,(H,21,23). The molecule has 2 saturated carbocycles. The number of carbonyl (C=O) groups excluding carboxylic acids is 1. The van der Waals surface area contributed by atoms with E-state index in [0.29, 0.717) is 17.5 Å². The van der Waals surface area contributed by atoms with E-state index in [4.69, 9.17) is 0 Å². The van der Waals surface area contributed by atoms with Crippen LogP contribution in [0.15, 0.2) is 18.2 Å². The van der Waals surface area contributed by atoms with Gasteiger partial charge in [-0.05, 0) is 49.3 Å². The smallest absolute Gasteiger partial charge is 0.378 e. The number of carbonyl (C=O) groups is 1. The van der Waals surface area contributed by atoms with E-state index in [9.17, 15) is 18.0 Å². The highest BCUT2D eigenvalue weighted by atomic mass is 19.4. The summed E-state index contributed by atoms with van der Waals surface area (Å²) in [6, 6.07) is 4.02. The lowest BCUT2D eigenvalue weighted by molar-refractivity contribution is -0.137. The van der Waals surface area contributed by atoms with Gasteiger partial charge in [-0.2, -0.15) is 13.2 Å². The van der Waals surface area contributed by atoms with Crippen LogP contribution in [0, 0.1) is 17.8 Å². The molecule has 2 fully saturated rings. The summed E-state index contributed by atoms with van der Waals surface area (Å²) in [4.78, 5) is 14.0. The van der Waals surface area contributed by atoms with Crippen LogP contribution < -0.4 is 10.2 Å². The summed E-state index contributed by atoms with van der Waals surface area (Å²) in [5.74, 6) is 0.521. The molecule has 6 heteroatoms. The molecule has 2 aliphatic carbocycles. The second kappa shape index (κ2) is 5.73. The second-order valence-electron chi connectivity index (χ2n) is 6.89. The molecule has 0 spiro atoms. The van der Waals surface area contributed by atoms with E-state index < -0.39 is 11.7 Å². The van der Waals surface area contributed by atoms with Gasteiger partial charge in [0.25, 0.3) is 0 Å². The largest absolute Gasteiger partial charge is 0.418 e. The van der Waals surface area contributed by atoms with Crippen LogP contribution in [-0.4, -0.2) is 20.0 Å². The van der Waals surface area contributed by atoms with Crippen LogP contribution in [0.3, 0.4) is 0 Å². The van der Waals surface area contributed by atoms with E-state index in [1.807, 2.05) is 0 Å². The molecule has 3 nitrogen and oxygen atoms in total. The van der Waals surface area contributed by atoms with Crippen LogP contribution in [0.5, 0.6) is 0 Å². The van der Waals surface area contributed by atoms with Gasteiger partial charge in [0.1, 0.15) is 0 Å². The Morgan fingerprint density at radius 3 is 2.48 bits per heavy atom. The summed E-state index contributed by atoms with van der Waals surface area (Å²) in [6.45, 7) is 0. The molecule has 23 heavy (non-hydrogen) atoms. The van der Waals surface area contributed by atoms with Crippen LogP contribution in [0.25, 0.3) is 0 Å². The van der Waals surface area contributed by atoms with Crippen molar-refractivity contribution in [2.24, 2.45) is 17.8 Å². The lowest BCUT2D eigenvalue weighted by Crippen LogP contribution is -2.28. The normalized spacial score (nSPS) is 26.4. The van der Waals surface area contributed by atoms with Gasteiger partial charge in [0, 0.05) is 25.7 Å². The predicted molar refractivity (Wildman–Crippen MR) is 83.3 cm³/mol. The third-order valence-electron chi connectivity index (χ3n) is 5.16. The third-order valence-corrected chi connectivity index (χ3v) is 5.16. The molecule has 1 N–H and O–H groups in total. The number of halogens is 3. The zero-order valence-corrected chi connectivity index (χ0v) is 13.3. The number of amides is 1. The lowest BCUT2D eigenvalue weighted by atomic mass is 9.88. The molecule has 3 atom stereocenters. The minimum absolute atomic E-state index is 0.136. The van der Waals surface area contributed by atoms with E-state index in [2.05, 4.69) is 5.32 Å². The van der Waals surface area contributed by atoms with E-state index in [1.54, 1.807) is 25.1 Å². The van der Waals surface area contributed by atoms with E-state index in [-0.39, 0.29) is 17.5 Å². The summed E-state index contributed by atoms with van der Waals surface area (Å²) in [5.41, 5.74) is -0.480. The van der Waals surface area contributed by atoms with Crippen LogP contribution in [0.4, 0.5) is 24.5 Å². The minimum atomic E-state index is -4.50. The molecular weight excluding hydrogens is 305 g/mol. The van der Waals surface area contributed by atoms with Crippen molar-refractivity contribution >= 4 is 17.3 Å². The van der Waals surface area contributed by atoms with Crippen LogP contribution in [0.1, 0.15) is 31.2 Å². The van der Waals surface area contributed by atoms with Crippen molar-refractivity contribution in [3.8, 4) is 0 Å². The van der Waals surface area contributed by atoms with Crippen molar-refractivity contribution < 1.29 is 18.0 Å². The number of fused-ring (bicyclic) bond motifs is 2. The fraction of sp³-hybridized carbons (Fsp3) is 0.588. The molecule has 0 heterocycles. The van der Waals surface area contributed by atoms with Crippen molar-refractivity contribution in [2.45, 2.75) is 31.9 Å². The number of hydrogen-bond donors (Lipinski definition) is 1. The summed E-state index contributed by atoms with van der Waals surface area (Å²) in [5, 5.41) is 2.53. The summed E-state index contributed by atoms with van der Waals surface area (Å²) in [6.07, 6.45) is -0.463. The number of alkyl halides is 3. The number of hydrogen-bond acceptors (Lipinski definition) is 2. The molecule has 2 aliphatic rings. The first kappa shape index (κ1) is 16.1. The Kier molecular flexibility index (Phi) is 4.02. The van der Waals surface area contributed by atoms with Gasteiger partial charge in [0.15, 0.2) is 0 Å². The second-order valence-corrected chi connectivity index (χ2v) is 6.89. The van der Waals surface area contributed by atoms with Gasteiger partial charge in [0.05, 0.1) is 11.3 Å². The molecule has 1 amide bonds. The van der Waals surface area contributed by atoms with E-state index >= 15 is 0 Å². The average molecular weight is 326 g/mol. The average Bonchev–Trinajstić information content (AvgIpc) is 3.08. The number of nitrogens with zero attached hydrogens (tertiary/aromatic N) is 1. The minimum Gasteiger partial charge on any atom is -0.378 e. The van der Waals surface area contributed by atoms with Gasteiger partial charge in [-0.25, -0.2) is 0 Å². The molecule has 0 radical (unpaired) electrons. The van der Waals surface area contributed by atoms with Crippen LogP contribution in [-0.2, 0) is 11.0 Å². The summed E-state index contributed by atoms with van der Waals surface area (Å²) >= 11 is 0. The Balaban J connectivity index is 1.83. The van der Waals surface area contributed by atoms with Crippen molar-refractivity contribution in [3.05, 3.63) is 23.8 Å². The monoisotopic (exact) mass is 326 g/mol. The lowest BCUT2D eigenvalue weighted by Gasteiger charge is -2.23. The van der Waals surface area contributed by atoms with Gasteiger partial charge >= 0.3 is 6.18 Å². The Morgan fingerprint density at radius 1 is 1.22 bits per heavy atom. The van der Waals surface area contributed by atoms with Gasteiger partial charge in [-0.1, -0.05) is 6.42 Å². The molecule has 0 aliphatic heterocycles. The first-order valence-corrected chi connectivity index (χ1v) is 7.95. The number of benzene rings is 1. The van der Waals surface area contributed by atoms with Gasteiger partial charge in [-0.3, -0.25) is 4.79 Å². The van der Waals surface area contributed by atoms with Gasteiger partial charge < -0.3 is 10.2 Å². The SMILES string of the molecule is CN(C)c1ccc(NC(=O)C2CC3CCC2C3)c(C(F)(F)F)c1. The number of rotatable bonds is 3. The van der Waals surface area contributed by atoms with Crippen molar-refractivity contribution in [3.63, 3.8) is 0 Å². The van der Waals surface area contributed by atoms with E-state index in [0.717, 1.165) is 31.7 Å². The van der Waals surface area contributed by atoms with Crippen molar-refractivity contribution in [1.82, 2.24) is 0 Å². The fourth-order valence-corrected chi connectivity index (χ4v) is 3.95. The molecule has 126 valence electrons.